The van der Waals surface area contributed by atoms with Gasteiger partial charge in [0.15, 0.2) is 5.78 Å². The van der Waals surface area contributed by atoms with Crippen LogP contribution in [0.25, 0.3) is 0 Å². The Morgan fingerprint density at radius 1 is 1.73 bits per heavy atom. The molecule has 1 aliphatic rings. The lowest BCUT2D eigenvalue weighted by molar-refractivity contribution is -0.126. The van der Waals surface area contributed by atoms with Crippen LogP contribution >= 0.6 is 0 Å². The third kappa shape index (κ3) is 2.15. The van der Waals surface area contributed by atoms with Crippen LogP contribution in [0.2, 0.25) is 0 Å². The van der Waals surface area contributed by atoms with Crippen LogP contribution in [0.3, 0.4) is 0 Å². The number of hydrogen-bond donors (Lipinski definition) is 0. The lowest BCUT2D eigenvalue weighted by Crippen LogP contribution is -2.27. The molecule has 1 rings (SSSR count). The van der Waals surface area contributed by atoms with E-state index in [0.717, 1.165) is 6.42 Å². The van der Waals surface area contributed by atoms with Gasteiger partial charge in [0.1, 0.15) is 6.10 Å². The molecule has 62 valence electrons. The van der Waals surface area contributed by atoms with Crippen molar-refractivity contribution in [1.82, 2.24) is 0 Å². The first-order chi connectivity index (χ1) is 5.24. The molecular weight excluding hydrogens is 140 g/mol. The Labute approximate surface area is 67.2 Å². The number of hydrogen-bond acceptors (Lipinski definition) is 2. The van der Waals surface area contributed by atoms with E-state index in [4.69, 9.17) is 4.74 Å². The van der Waals surface area contributed by atoms with Crippen molar-refractivity contribution in [2.75, 3.05) is 6.61 Å². The summed E-state index contributed by atoms with van der Waals surface area (Å²) in [6.45, 7) is 4.63. The van der Waals surface area contributed by atoms with Gasteiger partial charge in [0.05, 0.1) is 0 Å². The Morgan fingerprint density at radius 3 is 3.09 bits per heavy atom. The normalized spacial score (nSPS) is 30.9. The van der Waals surface area contributed by atoms with Crippen molar-refractivity contribution in [3.63, 3.8) is 0 Å². The van der Waals surface area contributed by atoms with E-state index in [-0.39, 0.29) is 11.9 Å². The third-order valence-electron chi connectivity index (χ3n) is 1.86. The molecule has 2 atom stereocenters. The van der Waals surface area contributed by atoms with Gasteiger partial charge in [-0.3, -0.25) is 4.79 Å². The fourth-order valence-electron chi connectivity index (χ4n) is 1.25. The van der Waals surface area contributed by atoms with Gasteiger partial charge in [-0.15, -0.1) is 0 Å². The molecule has 0 heterocycles. The first-order valence-electron chi connectivity index (χ1n) is 4.07. The second kappa shape index (κ2) is 3.67. The van der Waals surface area contributed by atoms with Gasteiger partial charge in [-0.1, -0.05) is 13.0 Å². The third-order valence-corrected chi connectivity index (χ3v) is 1.86. The predicted octanol–water partition coefficient (Wildman–Crippen LogP) is 1.56. The topological polar surface area (TPSA) is 26.3 Å². The zero-order chi connectivity index (χ0) is 8.27. The second-order valence-electron chi connectivity index (χ2n) is 2.92. The molecular formula is C9H14O2. The molecule has 11 heavy (non-hydrogen) atoms. The second-order valence-corrected chi connectivity index (χ2v) is 2.92. The van der Waals surface area contributed by atoms with Gasteiger partial charge in [0.2, 0.25) is 0 Å². The molecule has 2 unspecified atom stereocenters. The van der Waals surface area contributed by atoms with Crippen molar-refractivity contribution in [2.45, 2.75) is 26.4 Å². The van der Waals surface area contributed by atoms with Crippen LogP contribution in [0, 0.1) is 5.92 Å². The number of rotatable bonds is 2. The Hall–Kier alpha value is -0.630. The Morgan fingerprint density at radius 2 is 2.45 bits per heavy atom. The van der Waals surface area contributed by atoms with Crippen LogP contribution in [0.15, 0.2) is 12.2 Å². The fraction of sp³-hybridized carbons (Fsp3) is 0.667. The molecule has 0 saturated heterocycles. The van der Waals surface area contributed by atoms with Crippen LogP contribution in [0.5, 0.6) is 0 Å². The van der Waals surface area contributed by atoms with Crippen molar-refractivity contribution in [1.29, 1.82) is 0 Å². The average Bonchev–Trinajstić information content (AvgIpc) is 1.98. The average molecular weight is 154 g/mol. The minimum Gasteiger partial charge on any atom is -0.370 e. The van der Waals surface area contributed by atoms with E-state index >= 15 is 0 Å². The lowest BCUT2D eigenvalue weighted by atomic mass is 9.94. The van der Waals surface area contributed by atoms with Crippen molar-refractivity contribution in [2.24, 2.45) is 5.92 Å². The summed E-state index contributed by atoms with van der Waals surface area (Å²) < 4.78 is 5.26. The van der Waals surface area contributed by atoms with Gasteiger partial charge in [0.25, 0.3) is 0 Å². The van der Waals surface area contributed by atoms with Gasteiger partial charge in [-0.2, -0.15) is 0 Å². The summed E-state index contributed by atoms with van der Waals surface area (Å²) in [6, 6.07) is 0. The Bertz CT molecular complexity index is 172. The largest absolute Gasteiger partial charge is 0.370 e. The quantitative estimate of drug-likeness (QED) is 0.603. The highest BCUT2D eigenvalue weighted by Crippen LogP contribution is 2.16. The van der Waals surface area contributed by atoms with E-state index in [0.29, 0.717) is 12.5 Å². The highest BCUT2D eigenvalue weighted by Gasteiger charge is 2.21. The van der Waals surface area contributed by atoms with Crippen LogP contribution in [0.4, 0.5) is 0 Å². The molecule has 0 radical (unpaired) electrons. The monoisotopic (exact) mass is 154 g/mol. The zero-order valence-electron chi connectivity index (χ0n) is 7.04. The summed E-state index contributed by atoms with van der Waals surface area (Å²) in [5.74, 6) is 0.592. The van der Waals surface area contributed by atoms with Crippen LogP contribution < -0.4 is 0 Å². The van der Waals surface area contributed by atoms with Crippen molar-refractivity contribution in [3.05, 3.63) is 12.2 Å². The van der Waals surface area contributed by atoms with E-state index in [1.54, 1.807) is 6.08 Å². The van der Waals surface area contributed by atoms with E-state index in [2.05, 4.69) is 6.92 Å². The SMILES string of the molecule is CCOC1CC(C)C=CC1=O. The first kappa shape index (κ1) is 8.47. The summed E-state index contributed by atoms with van der Waals surface area (Å²) in [6.07, 6.45) is 4.23. The van der Waals surface area contributed by atoms with Gasteiger partial charge in [-0.05, 0) is 25.3 Å². The van der Waals surface area contributed by atoms with Crippen LogP contribution in [-0.4, -0.2) is 18.5 Å². The van der Waals surface area contributed by atoms with E-state index in [9.17, 15) is 4.79 Å². The number of carbonyl (C=O) groups is 1. The molecule has 0 N–H and O–H groups in total. The summed E-state index contributed by atoms with van der Waals surface area (Å²) in [5, 5.41) is 0. The maximum atomic E-state index is 11.1. The molecule has 0 aliphatic heterocycles. The van der Waals surface area contributed by atoms with Crippen molar-refractivity contribution >= 4 is 5.78 Å². The van der Waals surface area contributed by atoms with Gasteiger partial charge in [0, 0.05) is 6.61 Å². The van der Waals surface area contributed by atoms with Crippen LogP contribution in [-0.2, 0) is 9.53 Å². The molecule has 2 nitrogen and oxygen atoms in total. The molecule has 0 aromatic heterocycles. The number of allylic oxidation sites excluding steroid dienone is 1. The molecule has 0 spiro atoms. The number of ketones is 1. The Kier molecular flexibility index (Phi) is 2.83. The lowest BCUT2D eigenvalue weighted by Gasteiger charge is -2.20. The molecule has 2 heteroatoms. The minimum atomic E-state index is -0.181. The summed E-state index contributed by atoms with van der Waals surface area (Å²) in [7, 11) is 0. The predicted molar refractivity (Wildman–Crippen MR) is 43.3 cm³/mol. The van der Waals surface area contributed by atoms with E-state index in [1.165, 1.54) is 0 Å². The van der Waals surface area contributed by atoms with E-state index < -0.39 is 0 Å². The summed E-state index contributed by atoms with van der Waals surface area (Å²) in [4.78, 5) is 11.1. The van der Waals surface area contributed by atoms with Crippen molar-refractivity contribution in [3.8, 4) is 0 Å². The standard InChI is InChI=1S/C9H14O2/c1-3-11-9-6-7(2)4-5-8(9)10/h4-5,7,9H,3,6H2,1-2H3. The van der Waals surface area contributed by atoms with Crippen molar-refractivity contribution < 1.29 is 9.53 Å². The fourth-order valence-corrected chi connectivity index (χ4v) is 1.25. The molecule has 0 aromatic rings. The van der Waals surface area contributed by atoms with E-state index in [1.807, 2.05) is 13.0 Å². The summed E-state index contributed by atoms with van der Waals surface area (Å²) >= 11 is 0. The highest BCUT2D eigenvalue weighted by molar-refractivity contribution is 5.94. The highest BCUT2D eigenvalue weighted by atomic mass is 16.5. The molecule has 0 aromatic carbocycles. The number of ether oxygens (including phenoxy) is 1. The smallest absolute Gasteiger partial charge is 0.184 e. The van der Waals surface area contributed by atoms with Gasteiger partial charge >= 0.3 is 0 Å². The molecule has 0 amide bonds. The maximum Gasteiger partial charge on any atom is 0.184 e. The molecule has 0 bridgehead atoms. The van der Waals surface area contributed by atoms with Gasteiger partial charge in [-0.25, -0.2) is 0 Å². The number of carbonyl (C=O) groups excluding carboxylic acids is 1. The maximum absolute atomic E-state index is 11.1. The molecule has 1 aliphatic carbocycles. The van der Waals surface area contributed by atoms with Gasteiger partial charge < -0.3 is 4.74 Å². The summed E-state index contributed by atoms with van der Waals surface area (Å²) in [5.41, 5.74) is 0. The molecule has 0 saturated carbocycles. The first-order valence-corrected chi connectivity index (χ1v) is 4.07. The Balaban J connectivity index is 2.53. The van der Waals surface area contributed by atoms with Crippen LogP contribution in [0.1, 0.15) is 20.3 Å². The molecule has 0 fully saturated rings. The minimum absolute atomic E-state index is 0.116. The zero-order valence-corrected chi connectivity index (χ0v) is 7.04.